The van der Waals surface area contributed by atoms with E-state index in [0.717, 1.165) is 24.6 Å². The molecule has 1 saturated carbocycles. The van der Waals surface area contributed by atoms with Gasteiger partial charge in [0, 0.05) is 43.0 Å². The Hall–Kier alpha value is -2.55. The Labute approximate surface area is 185 Å². The highest BCUT2D eigenvalue weighted by molar-refractivity contribution is 7.99. The Morgan fingerprint density at radius 3 is 2.71 bits per heavy atom. The topological polar surface area (TPSA) is 97.4 Å². The average Bonchev–Trinajstić information content (AvgIpc) is 2.77. The van der Waals surface area contributed by atoms with E-state index in [-0.39, 0.29) is 30.0 Å². The number of carbonyl (C=O) groups is 1. The molecule has 1 aliphatic carbocycles. The van der Waals surface area contributed by atoms with Crippen molar-refractivity contribution in [1.82, 2.24) is 20.1 Å². The molecule has 2 aliphatic rings. The second-order valence-corrected chi connectivity index (χ2v) is 9.14. The third kappa shape index (κ3) is 5.39. The maximum Gasteiger partial charge on any atom is 0.273 e. The van der Waals surface area contributed by atoms with E-state index in [9.17, 15) is 9.59 Å². The van der Waals surface area contributed by atoms with Crippen LogP contribution in [0.15, 0.2) is 23.0 Å². The number of nitrogens with zero attached hydrogens (tertiary/aromatic N) is 3. The summed E-state index contributed by atoms with van der Waals surface area (Å²) >= 11 is 1.86. The van der Waals surface area contributed by atoms with Gasteiger partial charge in [-0.2, -0.15) is 11.8 Å². The molecule has 0 atom stereocenters. The quantitative estimate of drug-likeness (QED) is 0.668. The molecule has 8 nitrogen and oxygen atoms in total. The molecule has 2 fully saturated rings. The summed E-state index contributed by atoms with van der Waals surface area (Å²) in [5.74, 6) is 4.25. The number of rotatable bonds is 8. The molecule has 1 N–H and O–H groups in total. The SMILES string of the molecule is COc1cc(-c2nnc(CCC(=O)N3CCSCC3)c(=O)[nH]2)ccc1OCC1CCC1. The zero-order valence-electron chi connectivity index (χ0n) is 17.8. The minimum absolute atomic E-state index is 0.0628. The molecule has 166 valence electrons. The molecule has 1 saturated heterocycles. The number of aromatic nitrogens is 3. The van der Waals surface area contributed by atoms with Crippen molar-refractivity contribution in [1.29, 1.82) is 0 Å². The number of amides is 1. The van der Waals surface area contributed by atoms with E-state index >= 15 is 0 Å². The summed E-state index contributed by atoms with van der Waals surface area (Å²) in [4.78, 5) is 29.5. The highest BCUT2D eigenvalue weighted by Gasteiger charge is 2.20. The van der Waals surface area contributed by atoms with E-state index in [4.69, 9.17) is 9.47 Å². The van der Waals surface area contributed by atoms with Gasteiger partial charge in [0.2, 0.25) is 5.91 Å². The summed E-state index contributed by atoms with van der Waals surface area (Å²) < 4.78 is 11.4. The third-order valence-electron chi connectivity index (χ3n) is 5.84. The normalized spacial score (nSPS) is 16.6. The Morgan fingerprint density at radius 1 is 1.23 bits per heavy atom. The molecule has 0 bridgehead atoms. The Kier molecular flexibility index (Phi) is 7.11. The fourth-order valence-electron chi connectivity index (χ4n) is 3.65. The van der Waals surface area contributed by atoms with Crippen molar-refractivity contribution in [3.63, 3.8) is 0 Å². The predicted molar refractivity (Wildman–Crippen MR) is 120 cm³/mol. The van der Waals surface area contributed by atoms with Gasteiger partial charge in [-0.25, -0.2) is 0 Å². The van der Waals surface area contributed by atoms with Gasteiger partial charge in [0.05, 0.1) is 13.7 Å². The van der Waals surface area contributed by atoms with Crippen LogP contribution >= 0.6 is 11.8 Å². The Morgan fingerprint density at radius 2 is 2.03 bits per heavy atom. The molecule has 2 heterocycles. The molecular weight excluding hydrogens is 416 g/mol. The van der Waals surface area contributed by atoms with Gasteiger partial charge in [-0.3, -0.25) is 9.59 Å². The van der Waals surface area contributed by atoms with E-state index in [2.05, 4.69) is 15.2 Å². The average molecular weight is 445 g/mol. The monoisotopic (exact) mass is 444 g/mol. The molecule has 0 spiro atoms. The second-order valence-electron chi connectivity index (χ2n) is 7.92. The summed E-state index contributed by atoms with van der Waals surface area (Å²) in [6, 6.07) is 5.44. The summed E-state index contributed by atoms with van der Waals surface area (Å²) in [6.07, 6.45) is 4.25. The van der Waals surface area contributed by atoms with Crippen molar-refractivity contribution in [3.8, 4) is 22.9 Å². The van der Waals surface area contributed by atoms with E-state index in [0.29, 0.717) is 35.4 Å². The number of hydrogen-bond donors (Lipinski definition) is 1. The van der Waals surface area contributed by atoms with E-state index < -0.39 is 0 Å². The molecule has 1 aliphatic heterocycles. The number of benzene rings is 1. The number of carbonyl (C=O) groups excluding carboxylic acids is 1. The number of methoxy groups -OCH3 is 1. The van der Waals surface area contributed by atoms with E-state index in [1.807, 2.05) is 28.8 Å². The van der Waals surface area contributed by atoms with Crippen LogP contribution < -0.4 is 15.0 Å². The van der Waals surface area contributed by atoms with Gasteiger partial charge >= 0.3 is 0 Å². The molecule has 1 aromatic heterocycles. The van der Waals surface area contributed by atoms with Crippen LogP contribution in [0.3, 0.4) is 0 Å². The summed E-state index contributed by atoms with van der Waals surface area (Å²) in [5, 5.41) is 8.26. The van der Waals surface area contributed by atoms with Gasteiger partial charge in [0.25, 0.3) is 5.56 Å². The van der Waals surface area contributed by atoms with Gasteiger partial charge in [-0.15, -0.1) is 10.2 Å². The lowest BCUT2D eigenvalue weighted by atomic mass is 9.86. The molecule has 1 aromatic carbocycles. The van der Waals surface area contributed by atoms with Crippen LogP contribution in [0.4, 0.5) is 0 Å². The maximum absolute atomic E-state index is 12.5. The lowest BCUT2D eigenvalue weighted by Crippen LogP contribution is -2.38. The van der Waals surface area contributed by atoms with Crippen molar-refractivity contribution in [2.45, 2.75) is 32.1 Å². The minimum atomic E-state index is -0.323. The molecule has 2 aromatic rings. The lowest BCUT2D eigenvalue weighted by molar-refractivity contribution is -0.130. The van der Waals surface area contributed by atoms with Crippen molar-refractivity contribution in [3.05, 3.63) is 34.2 Å². The number of ether oxygens (including phenoxy) is 2. The molecule has 0 radical (unpaired) electrons. The van der Waals surface area contributed by atoms with Gasteiger partial charge in [0.15, 0.2) is 17.3 Å². The van der Waals surface area contributed by atoms with Gasteiger partial charge in [-0.05, 0) is 37.0 Å². The van der Waals surface area contributed by atoms with E-state index in [1.54, 1.807) is 13.2 Å². The van der Waals surface area contributed by atoms with Gasteiger partial charge < -0.3 is 19.4 Å². The largest absolute Gasteiger partial charge is 0.493 e. The molecular formula is C22H28N4O4S. The standard InChI is InChI=1S/C22H28N4O4S/c1-29-19-13-16(5-7-18(19)30-14-15-3-2-4-15)21-23-22(28)17(24-25-21)6-8-20(27)26-9-11-31-12-10-26/h5,7,13,15H,2-4,6,8-12,14H2,1H3,(H,23,25,28). The Balaban J connectivity index is 1.40. The summed E-state index contributed by atoms with van der Waals surface area (Å²) in [7, 11) is 1.59. The first kappa shape index (κ1) is 21.7. The van der Waals surface area contributed by atoms with Crippen molar-refractivity contribution < 1.29 is 14.3 Å². The van der Waals surface area contributed by atoms with E-state index in [1.165, 1.54) is 19.3 Å². The van der Waals surface area contributed by atoms with Crippen molar-refractivity contribution in [2.24, 2.45) is 5.92 Å². The minimum Gasteiger partial charge on any atom is -0.493 e. The fourth-order valence-corrected chi connectivity index (χ4v) is 4.55. The molecule has 9 heteroatoms. The number of H-pyrrole nitrogens is 1. The summed E-state index contributed by atoms with van der Waals surface area (Å²) in [6.45, 7) is 2.23. The lowest BCUT2D eigenvalue weighted by Gasteiger charge is -2.26. The van der Waals surface area contributed by atoms with Gasteiger partial charge in [0.1, 0.15) is 5.69 Å². The third-order valence-corrected chi connectivity index (χ3v) is 6.78. The number of hydrogen-bond acceptors (Lipinski definition) is 7. The smallest absolute Gasteiger partial charge is 0.273 e. The first-order valence-corrected chi connectivity index (χ1v) is 11.9. The first-order chi connectivity index (χ1) is 15.1. The second kappa shape index (κ2) is 10.2. The van der Waals surface area contributed by atoms with Gasteiger partial charge in [-0.1, -0.05) is 6.42 Å². The highest BCUT2D eigenvalue weighted by Crippen LogP contribution is 2.33. The van der Waals surface area contributed by atoms with Crippen molar-refractivity contribution >= 4 is 17.7 Å². The Bertz CT molecular complexity index is 970. The predicted octanol–water partition coefficient (Wildman–Crippen LogP) is 2.53. The fraction of sp³-hybridized carbons (Fsp3) is 0.545. The summed E-state index contributed by atoms with van der Waals surface area (Å²) in [5.41, 5.74) is 0.637. The molecule has 1 amide bonds. The van der Waals surface area contributed by atoms with Crippen LogP contribution in [0.1, 0.15) is 31.4 Å². The van der Waals surface area contributed by atoms with Crippen LogP contribution in [-0.4, -0.2) is 64.3 Å². The first-order valence-electron chi connectivity index (χ1n) is 10.8. The van der Waals surface area contributed by atoms with Crippen LogP contribution in [0, 0.1) is 5.92 Å². The maximum atomic E-state index is 12.5. The molecule has 31 heavy (non-hydrogen) atoms. The number of aromatic amines is 1. The molecule has 0 unspecified atom stereocenters. The number of aryl methyl sites for hydroxylation is 1. The molecule has 4 rings (SSSR count). The van der Waals surface area contributed by atoms with Crippen LogP contribution in [0.25, 0.3) is 11.4 Å². The highest BCUT2D eigenvalue weighted by atomic mass is 32.2. The van der Waals surface area contributed by atoms with Crippen LogP contribution in [0.5, 0.6) is 11.5 Å². The number of nitrogens with one attached hydrogen (secondary N) is 1. The van der Waals surface area contributed by atoms with Crippen LogP contribution in [0.2, 0.25) is 0 Å². The van der Waals surface area contributed by atoms with Crippen molar-refractivity contribution in [2.75, 3.05) is 38.3 Å². The zero-order chi connectivity index (χ0) is 21.6. The number of thioether (sulfide) groups is 1. The van der Waals surface area contributed by atoms with Crippen LogP contribution in [-0.2, 0) is 11.2 Å². The zero-order valence-corrected chi connectivity index (χ0v) is 18.6.